The number of nitrogens with zero attached hydrogens (tertiary/aromatic N) is 1. The number of aliphatic hydroxyl groups is 2. The number of hydrogen-bond acceptors (Lipinski definition) is 5. The molecule has 0 aromatic heterocycles. The van der Waals surface area contributed by atoms with E-state index in [1.54, 1.807) is 18.7 Å². The van der Waals surface area contributed by atoms with Crippen LogP contribution in [-0.2, 0) is 14.9 Å². The normalized spacial score (nSPS) is 35.3. The summed E-state index contributed by atoms with van der Waals surface area (Å²) < 4.78 is 5.39. The molecule has 1 saturated heterocycles. The van der Waals surface area contributed by atoms with Crippen molar-refractivity contribution in [3.05, 3.63) is 35.9 Å². The fourth-order valence-electron chi connectivity index (χ4n) is 7.13. The topological polar surface area (TPSA) is 99.1 Å². The van der Waals surface area contributed by atoms with E-state index in [1.165, 1.54) is 5.56 Å². The van der Waals surface area contributed by atoms with Crippen molar-refractivity contribution < 1.29 is 24.5 Å². The monoisotopic (exact) mass is 456 g/mol. The molecule has 1 aromatic carbocycles. The summed E-state index contributed by atoms with van der Waals surface area (Å²) >= 11 is 0. The minimum Gasteiger partial charge on any atom is -0.442 e. The molecule has 4 bridgehead atoms. The number of aliphatic hydroxyl groups excluding tert-OH is 1. The second kappa shape index (κ2) is 8.27. The lowest BCUT2D eigenvalue weighted by atomic mass is 9.42. The van der Waals surface area contributed by atoms with E-state index in [9.17, 15) is 19.8 Å². The third-order valence-electron chi connectivity index (χ3n) is 8.67. The van der Waals surface area contributed by atoms with Gasteiger partial charge in [-0.05, 0) is 68.8 Å². The number of likely N-dealkylation sites (tertiary alicyclic amines) is 1. The smallest absolute Gasteiger partial charge is 0.407 e. The van der Waals surface area contributed by atoms with Crippen molar-refractivity contribution in [1.82, 2.24) is 10.2 Å². The van der Waals surface area contributed by atoms with Gasteiger partial charge in [0.15, 0.2) is 0 Å². The number of ether oxygens (including phenoxy) is 1. The molecule has 1 aromatic rings. The highest BCUT2D eigenvalue weighted by molar-refractivity contribution is 5.79. The lowest BCUT2D eigenvalue weighted by molar-refractivity contribution is -0.158. The van der Waals surface area contributed by atoms with Crippen molar-refractivity contribution in [3.63, 3.8) is 0 Å². The molecule has 0 radical (unpaired) electrons. The summed E-state index contributed by atoms with van der Waals surface area (Å²) in [6, 6.07) is 10.5. The number of carbonyl (C=O) groups excluding carboxylic acids is 2. The molecule has 7 nitrogen and oxygen atoms in total. The third-order valence-corrected chi connectivity index (χ3v) is 8.67. The molecular formula is C26H36N2O5. The maximum Gasteiger partial charge on any atom is 0.407 e. The van der Waals surface area contributed by atoms with Crippen LogP contribution in [0, 0.1) is 23.7 Å². The van der Waals surface area contributed by atoms with Gasteiger partial charge in [-0.3, -0.25) is 4.79 Å². The Morgan fingerprint density at radius 2 is 1.67 bits per heavy atom. The summed E-state index contributed by atoms with van der Waals surface area (Å²) in [5, 5.41) is 22.9. The number of nitrogens with one attached hydrogen (secondary N) is 1. The van der Waals surface area contributed by atoms with E-state index in [2.05, 4.69) is 29.6 Å². The van der Waals surface area contributed by atoms with Gasteiger partial charge in [0.1, 0.15) is 6.10 Å². The average Bonchev–Trinajstić information content (AvgIpc) is 2.73. The van der Waals surface area contributed by atoms with Crippen LogP contribution in [0.2, 0.25) is 0 Å². The van der Waals surface area contributed by atoms with E-state index in [-0.39, 0.29) is 30.1 Å². The maximum absolute atomic E-state index is 13.4. The van der Waals surface area contributed by atoms with Crippen molar-refractivity contribution in [2.24, 2.45) is 23.7 Å². The van der Waals surface area contributed by atoms with Crippen LogP contribution in [0.5, 0.6) is 0 Å². The molecular weight excluding hydrogens is 420 g/mol. The van der Waals surface area contributed by atoms with Gasteiger partial charge >= 0.3 is 6.09 Å². The maximum atomic E-state index is 13.4. The van der Waals surface area contributed by atoms with E-state index in [1.807, 2.05) is 6.07 Å². The second-order valence-electron chi connectivity index (χ2n) is 11.4. The van der Waals surface area contributed by atoms with Gasteiger partial charge < -0.3 is 25.2 Å². The van der Waals surface area contributed by atoms with Gasteiger partial charge in [0, 0.05) is 18.4 Å². The first kappa shape index (κ1) is 22.7. The van der Waals surface area contributed by atoms with Gasteiger partial charge in [-0.2, -0.15) is 0 Å². The molecule has 1 aliphatic heterocycles. The first-order valence-corrected chi connectivity index (χ1v) is 12.3. The van der Waals surface area contributed by atoms with Crippen LogP contribution in [0.3, 0.4) is 0 Å². The van der Waals surface area contributed by atoms with Crippen molar-refractivity contribution >= 4 is 12.0 Å². The van der Waals surface area contributed by atoms with E-state index in [4.69, 9.17) is 4.74 Å². The number of amides is 2. The first-order valence-electron chi connectivity index (χ1n) is 12.3. The lowest BCUT2D eigenvalue weighted by Gasteiger charge is -2.63. The van der Waals surface area contributed by atoms with E-state index < -0.39 is 11.7 Å². The molecule has 4 saturated carbocycles. The standard InChI is InChI=1S/C26H36N2O5/c1-25(2,32)15-27-24(31)33-21-13-28(14-21)22(29)12-26(18-6-4-3-5-7-18)19-8-16-9-20(26)11-17(10-19)23(16)30/h3-7,16-17,19-21,23,30,32H,8-15H2,1-2H3,(H,27,31). The van der Waals surface area contributed by atoms with Crippen LogP contribution in [0.4, 0.5) is 4.79 Å². The molecule has 33 heavy (non-hydrogen) atoms. The summed E-state index contributed by atoms with van der Waals surface area (Å²) in [5.74, 6) is 1.74. The number of alkyl carbamates (subject to hydrolysis) is 1. The summed E-state index contributed by atoms with van der Waals surface area (Å²) in [5.41, 5.74) is 0.101. The lowest BCUT2D eigenvalue weighted by Crippen LogP contribution is -2.63. The highest BCUT2D eigenvalue weighted by atomic mass is 16.6. The number of carbonyl (C=O) groups is 2. The Labute approximate surface area is 195 Å². The van der Waals surface area contributed by atoms with Crippen molar-refractivity contribution in [2.75, 3.05) is 19.6 Å². The number of hydrogen-bond donors (Lipinski definition) is 3. The molecule has 180 valence electrons. The fourth-order valence-corrected chi connectivity index (χ4v) is 7.13. The van der Waals surface area contributed by atoms with Gasteiger partial charge in [-0.1, -0.05) is 30.3 Å². The van der Waals surface area contributed by atoms with E-state index in [0.29, 0.717) is 43.2 Å². The van der Waals surface area contributed by atoms with Crippen LogP contribution in [0.15, 0.2) is 30.3 Å². The largest absolute Gasteiger partial charge is 0.442 e. The predicted molar refractivity (Wildman–Crippen MR) is 122 cm³/mol. The van der Waals surface area contributed by atoms with Crippen molar-refractivity contribution in [1.29, 1.82) is 0 Å². The molecule has 0 spiro atoms. The highest BCUT2D eigenvalue weighted by Gasteiger charge is 2.61. The number of benzene rings is 1. The molecule has 5 fully saturated rings. The van der Waals surface area contributed by atoms with E-state index >= 15 is 0 Å². The highest BCUT2D eigenvalue weighted by Crippen LogP contribution is 2.64. The predicted octanol–water partition coefficient (Wildman–Crippen LogP) is 2.45. The van der Waals surface area contributed by atoms with Gasteiger partial charge in [-0.15, -0.1) is 0 Å². The molecule has 0 unspecified atom stereocenters. The van der Waals surface area contributed by atoms with Gasteiger partial charge in [0.2, 0.25) is 5.91 Å². The Balaban J connectivity index is 1.25. The first-order chi connectivity index (χ1) is 15.7. The zero-order chi connectivity index (χ0) is 23.4. The molecule has 5 aliphatic rings. The van der Waals surface area contributed by atoms with Gasteiger partial charge in [0.25, 0.3) is 0 Å². The van der Waals surface area contributed by atoms with Crippen LogP contribution < -0.4 is 5.32 Å². The molecule has 2 amide bonds. The van der Waals surface area contributed by atoms with Gasteiger partial charge in [-0.25, -0.2) is 4.79 Å². The van der Waals surface area contributed by atoms with Crippen LogP contribution in [0.1, 0.15) is 51.5 Å². The molecule has 3 N–H and O–H groups in total. The second-order valence-corrected chi connectivity index (χ2v) is 11.4. The summed E-state index contributed by atoms with van der Waals surface area (Å²) in [6.07, 6.45) is 3.46. The minimum atomic E-state index is -0.999. The molecule has 4 aliphatic carbocycles. The van der Waals surface area contributed by atoms with Gasteiger partial charge in [0.05, 0.1) is 24.8 Å². The Bertz CT molecular complexity index is 860. The van der Waals surface area contributed by atoms with Crippen LogP contribution in [0.25, 0.3) is 0 Å². The van der Waals surface area contributed by atoms with Crippen molar-refractivity contribution in [3.8, 4) is 0 Å². The summed E-state index contributed by atoms with van der Waals surface area (Å²) in [4.78, 5) is 27.2. The SMILES string of the molecule is CC(C)(O)CNC(=O)OC1CN(C(=O)CC2(c3ccccc3)C3CC4CC2CC(C3)C4O)C1. The Morgan fingerprint density at radius 1 is 1.09 bits per heavy atom. The van der Waals surface area contributed by atoms with Crippen LogP contribution in [-0.4, -0.2) is 64.6 Å². The zero-order valence-electron chi connectivity index (χ0n) is 19.6. The zero-order valence-corrected chi connectivity index (χ0v) is 19.6. The average molecular weight is 457 g/mol. The van der Waals surface area contributed by atoms with Crippen molar-refractivity contribution in [2.45, 2.75) is 69.2 Å². The summed E-state index contributed by atoms with van der Waals surface area (Å²) in [6.45, 7) is 4.17. The number of rotatable bonds is 6. The van der Waals surface area contributed by atoms with E-state index in [0.717, 1.165) is 25.7 Å². The Kier molecular flexibility index (Phi) is 5.68. The summed E-state index contributed by atoms with van der Waals surface area (Å²) in [7, 11) is 0. The molecule has 7 heteroatoms. The Hall–Kier alpha value is -2.12. The molecule has 6 rings (SSSR count). The molecule has 0 atom stereocenters. The van der Waals surface area contributed by atoms with Crippen LogP contribution >= 0.6 is 0 Å². The Morgan fingerprint density at radius 3 is 2.21 bits per heavy atom. The third kappa shape index (κ3) is 4.14. The fraction of sp³-hybridized carbons (Fsp3) is 0.692. The minimum absolute atomic E-state index is 0.111. The quantitative estimate of drug-likeness (QED) is 0.611. The molecule has 1 heterocycles.